The zero-order chi connectivity index (χ0) is 15.7. The van der Waals surface area contributed by atoms with Gasteiger partial charge in [-0.25, -0.2) is 13.1 Å². The molecule has 124 valence electrons. The molecule has 2 saturated heterocycles. The third-order valence-electron chi connectivity index (χ3n) is 4.27. The number of aryl methyl sites for hydroxylation is 1. The molecule has 0 unspecified atom stereocenters. The van der Waals surface area contributed by atoms with Gasteiger partial charge in [0.05, 0.1) is 24.1 Å². The summed E-state index contributed by atoms with van der Waals surface area (Å²) in [5, 5.41) is 4.03. The number of nitrogens with zero attached hydrogens (tertiary/aromatic N) is 2. The number of nitrogens with one attached hydrogen (secondary N) is 1. The maximum absolute atomic E-state index is 11.6. The topological polar surface area (TPSA) is 84.7 Å². The van der Waals surface area contributed by atoms with Gasteiger partial charge in [0, 0.05) is 32.3 Å². The predicted molar refractivity (Wildman–Crippen MR) is 80.7 cm³/mol. The minimum Gasteiger partial charge on any atom is -0.376 e. The minimum absolute atomic E-state index is 0.0289. The highest BCUT2D eigenvalue weighted by Crippen LogP contribution is 2.29. The van der Waals surface area contributed by atoms with Gasteiger partial charge in [0.25, 0.3) is 0 Å². The summed E-state index contributed by atoms with van der Waals surface area (Å²) in [6.07, 6.45) is 3.27. The Kier molecular flexibility index (Phi) is 4.54. The molecule has 3 heterocycles. The van der Waals surface area contributed by atoms with Crippen molar-refractivity contribution in [2.24, 2.45) is 5.92 Å². The Morgan fingerprint density at radius 3 is 2.95 bits per heavy atom. The van der Waals surface area contributed by atoms with Gasteiger partial charge in [0.2, 0.25) is 10.0 Å². The highest BCUT2D eigenvalue weighted by molar-refractivity contribution is 7.88. The van der Waals surface area contributed by atoms with Crippen LogP contribution in [0.1, 0.15) is 24.3 Å². The summed E-state index contributed by atoms with van der Waals surface area (Å²) in [6.45, 7) is 4.78. The van der Waals surface area contributed by atoms with Crippen LogP contribution in [0.25, 0.3) is 0 Å². The summed E-state index contributed by atoms with van der Waals surface area (Å²) in [5.41, 5.74) is 0.880. The predicted octanol–water partition coefficient (Wildman–Crippen LogP) is 0.512. The molecule has 1 aromatic heterocycles. The Hall–Kier alpha value is -0.960. The van der Waals surface area contributed by atoms with Gasteiger partial charge in [-0.15, -0.1) is 0 Å². The fourth-order valence-electron chi connectivity index (χ4n) is 3.52. The molecule has 0 aromatic carbocycles. The lowest BCUT2D eigenvalue weighted by Crippen LogP contribution is -2.60. The number of aromatic nitrogens is 1. The fourth-order valence-corrected chi connectivity index (χ4v) is 4.28. The normalized spacial score (nSPS) is 30.2. The smallest absolute Gasteiger partial charge is 0.209 e. The molecule has 0 amide bonds. The van der Waals surface area contributed by atoms with Crippen molar-refractivity contribution < 1.29 is 17.7 Å². The van der Waals surface area contributed by atoms with E-state index in [9.17, 15) is 8.42 Å². The second-order valence-electron chi connectivity index (χ2n) is 6.36. The van der Waals surface area contributed by atoms with Gasteiger partial charge in [0.15, 0.2) is 0 Å². The van der Waals surface area contributed by atoms with E-state index in [1.54, 1.807) is 0 Å². The number of sulfonamides is 1. The summed E-state index contributed by atoms with van der Waals surface area (Å²) < 4.78 is 37.0. The first-order chi connectivity index (χ1) is 10.4. The molecule has 0 radical (unpaired) electrons. The molecule has 2 aliphatic rings. The first kappa shape index (κ1) is 15.9. The maximum Gasteiger partial charge on any atom is 0.209 e. The van der Waals surface area contributed by atoms with Crippen molar-refractivity contribution >= 4 is 10.0 Å². The third-order valence-corrected chi connectivity index (χ3v) is 5.00. The number of hydrogen-bond donors (Lipinski definition) is 1. The first-order valence-corrected chi connectivity index (χ1v) is 9.53. The van der Waals surface area contributed by atoms with Crippen molar-refractivity contribution in [3.05, 3.63) is 17.5 Å². The first-order valence-electron chi connectivity index (χ1n) is 7.64. The molecule has 3 rings (SSSR count). The van der Waals surface area contributed by atoms with Crippen LogP contribution in [0.4, 0.5) is 0 Å². The van der Waals surface area contributed by atoms with Crippen LogP contribution in [0.2, 0.25) is 0 Å². The van der Waals surface area contributed by atoms with Gasteiger partial charge in [-0.3, -0.25) is 4.90 Å². The summed E-state index contributed by atoms with van der Waals surface area (Å²) in [5.74, 6) is 1.14. The Bertz CT molecular complexity index is 615. The molecule has 0 bridgehead atoms. The van der Waals surface area contributed by atoms with Crippen LogP contribution in [0.5, 0.6) is 0 Å². The van der Waals surface area contributed by atoms with Crippen LogP contribution in [-0.2, 0) is 21.3 Å². The van der Waals surface area contributed by atoms with Crippen molar-refractivity contribution in [2.45, 2.75) is 38.5 Å². The number of piperidine rings is 1. The van der Waals surface area contributed by atoms with Crippen molar-refractivity contribution in [1.29, 1.82) is 0 Å². The SMILES string of the molecule is Cc1cc(CN2C[C@H]3CCCO[C@H]3[C@H](NS(C)(=O)=O)C2)no1. The molecule has 0 spiro atoms. The molecule has 8 heteroatoms. The number of ether oxygens (including phenoxy) is 1. The Labute approximate surface area is 131 Å². The van der Waals surface area contributed by atoms with Crippen LogP contribution in [0.15, 0.2) is 10.6 Å². The molecule has 1 N–H and O–H groups in total. The van der Waals surface area contributed by atoms with Crippen LogP contribution >= 0.6 is 0 Å². The largest absolute Gasteiger partial charge is 0.376 e. The maximum atomic E-state index is 11.6. The van der Waals surface area contributed by atoms with Crippen LogP contribution < -0.4 is 4.72 Å². The number of fused-ring (bicyclic) bond motifs is 1. The number of rotatable bonds is 4. The van der Waals surface area contributed by atoms with E-state index in [-0.39, 0.29) is 12.1 Å². The minimum atomic E-state index is -3.26. The molecule has 0 saturated carbocycles. The molecule has 2 fully saturated rings. The van der Waals surface area contributed by atoms with Crippen molar-refractivity contribution in [3.8, 4) is 0 Å². The highest BCUT2D eigenvalue weighted by atomic mass is 32.2. The lowest BCUT2D eigenvalue weighted by atomic mass is 9.86. The second-order valence-corrected chi connectivity index (χ2v) is 8.14. The molecular weight excluding hydrogens is 306 g/mol. The molecule has 0 aliphatic carbocycles. The Morgan fingerprint density at radius 1 is 1.45 bits per heavy atom. The van der Waals surface area contributed by atoms with Gasteiger partial charge in [0.1, 0.15) is 5.76 Å². The van der Waals surface area contributed by atoms with Crippen LogP contribution in [-0.4, -0.2) is 56.6 Å². The quantitative estimate of drug-likeness (QED) is 0.866. The lowest BCUT2D eigenvalue weighted by molar-refractivity contribution is -0.0825. The number of likely N-dealkylation sites (tertiary alicyclic amines) is 1. The van der Waals surface area contributed by atoms with E-state index in [1.807, 2.05) is 13.0 Å². The second kappa shape index (κ2) is 6.27. The summed E-state index contributed by atoms with van der Waals surface area (Å²) in [4.78, 5) is 2.23. The number of hydrogen-bond acceptors (Lipinski definition) is 6. The van der Waals surface area contributed by atoms with E-state index in [0.29, 0.717) is 25.6 Å². The van der Waals surface area contributed by atoms with Crippen molar-refractivity contribution in [1.82, 2.24) is 14.8 Å². The summed E-state index contributed by atoms with van der Waals surface area (Å²) in [7, 11) is -3.26. The van der Waals surface area contributed by atoms with Gasteiger partial charge in [-0.05, 0) is 25.7 Å². The third kappa shape index (κ3) is 3.87. The van der Waals surface area contributed by atoms with E-state index in [4.69, 9.17) is 9.26 Å². The molecule has 3 atom stereocenters. The summed E-state index contributed by atoms with van der Waals surface area (Å²) in [6, 6.07) is 1.71. The molecule has 1 aromatic rings. The summed E-state index contributed by atoms with van der Waals surface area (Å²) >= 11 is 0. The fraction of sp³-hybridized carbons (Fsp3) is 0.786. The highest BCUT2D eigenvalue weighted by Gasteiger charge is 2.40. The van der Waals surface area contributed by atoms with E-state index in [1.165, 1.54) is 6.26 Å². The lowest BCUT2D eigenvalue weighted by Gasteiger charge is -2.45. The zero-order valence-corrected chi connectivity index (χ0v) is 13.8. The molecule has 22 heavy (non-hydrogen) atoms. The van der Waals surface area contributed by atoms with E-state index < -0.39 is 10.0 Å². The molecular formula is C14H23N3O4S. The van der Waals surface area contributed by atoms with Gasteiger partial charge >= 0.3 is 0 Å². The van der Waals surface area contributed by atoms with Crippen molar-refractivity contribution in [3.63, 3.8) is 0 Å². The van der Waals surface area contributed by atoms with Crippen LogP contribution in [0.3, 0.4) is 0 Å². The average molecular weight is 329 g/mol. The van der Waals surface area contributed by atoms with E-state index in [0.717, 1.165) is 30.8 Å². The van der Waals surface area contributed by atoms with Crippen molar-refractivity contribution in [2.75, 3.05) is 26.0 Å². The van der Waals surface area contributed by atoms with E-state index in [2.05, 4.69) is 14.8 Å². The Morgan fingerprint density at radius 2 is 2.27 bits per heavy atom. The zero-order valence-electron chi connectivity index (χ0n) is 13.0. The monoisotopic (exact) mass is 329 g/mol. The Balaban J connectivity index is 1.72. The standard InChI is InChI=1S/C14H23N3O4S/c1-10-6-12(15-21-10)8-17-7-11-4-3-5-20-14(11)13(9-17)16-22(2,18)19/h6,11,13-14,16H,3-5,7-9H2,1-2H3/t11-,13-,14-/m1/s1. The average Bonchev–Trinajstić information content (AvgIpc) is 2.82. The van der Waals surface area contributed by atoms with Gasteiger partial charge < -0.3 is 9.26 Å². The van der Waals surface area contributed by atoms with Gasteiger partial charge in [-0.1, -0.05) is 5.16 Å². The van der Waals surface area contributed by atoms with E-state index >= 15 is 0 Å². The molecule has 7 nitrogen and oxygen atoms in total. The van der Waals surface area contributed by atoms with Gasteiger partial charge in [-0.2, -0.15) is 0 Å². The molecule has 2 aliphatic heterocycles. The van der Waals surface area contributed by atoms with Crippen LogP contribution in [0, 0.1) is 12.8 Å².